The highest BCUT2D eigenvalue weighted by Crippen LogP contribution is 2.12. The summed E-state index contributed by atoms with van der Waals surface area (Å²) in [4.78, 5) is 8.54. The smallest absolute Gasteiger partial charge is 0.145 e. The number of nitrogens with one attached hydrogen (secondary N) is 1. The third-order valence-electron chi connectivity index (χ3n) is 1.99. The second-order valence-corrected chi connectivity index (χ2v) is 3.82. The van der Waals surface area contributed by atoms with Gasteiger partial charge in [-0.2, -0.15) is 0 Å². The molecule has 0 radical (unpaired) electrons. The van der Waals surface area contributed by atoms with Crippen LogP contribution in [-0.4, -0.2) is 15.5 Å². The second-order valence-electron chi connectivity index (χ2n) is 3.82. The summed E-state index contributed by atoms with van der Waals surface area (Å²) in [5, 5.41) is 3.13. The molecule has 0 aliphatic rings. The van der Waals surface area contributed by atoms with Crippen LogP contribution in [0.3, 0.4) is 0 Å². The molecule has 0 amide bonds. The molecule has 3 nitrogen and oxygen atoms in total. The third kappa shape index (κ3) is 2.46. The minimum absolute atomic E-state index is 0.392. The molecule has 0 spiro atoms. The molecule has 0 saturated heterocycles. The summed E-state index contributed by atoms with van der Waals surface area (Å²) in [6, 6.07) is 0. The van der Waals surface area contributed by atoms with E-state index >= 15 is 0 Å². The van der Waals surface area contributed by atoms with Crippen LogP contribution in [0.1, 0.15) is 25.2 Å². The zero-order valence-corrected chi connectivity index (χ0v) is 9.05. The summed E-state index contributed by atoms with van der Waals surface area (Å²) in [7, 11) is 0. The standard InChI is InChI=1S/C11H15N3/c1-6-11(4,5)14-10-7-12-8(2)9(3)13-10/h1,7H,2-5H3,(H,13,14). The molecule has 1 rings (SSSR count). The molecule has 0 saturated carbocycles. The zero-order chi connectivity index (χ0) is 10.8. The predicted molar refractivity (Wildman–Crippen MR) is 58.0 cm³/mol. The van der Waals surface area contributed by atoms with E-state index in [1.165, 1.54) is 0 Å². The summed E-state index contributed by atoms with van der Waals surface area (Å²) in [6.07, 6.45) is 7.06. The van der Waals surface area contributed by atoms with Crippen molar-refractivity contribution in [3.63, 3.8) is 0 Å². The van der Waals surface area contributed by atoms with Crippen molar-refractivity contribution in [2.75, 3.05) is 5.32 Å². The first-order valence-electron chi connectivity index (χ1n) is 4.51. The van der Waals surface area contributed by atoms with Crippen molar-refractivity contribution in [3.8, 4) is 12.3 Å². The van der Waals surface area contributed by atoms with Crippen LogP contribution in [-0.2, 0) is 0 Å². The minimum atomic E-state index is -0.392. The molecule has 3 heteroatoms. The van der Waals surface area contributed by atoms with E-state index in [1.807, 2.05) is 27.7 Å². The van der Waals surface area contributed by atoms with Crippen molar-refractivity contribution in [1.82, 2.24) is 9.97 Å². The van der Waals surface area contributed by atoms with Gasteiger partial charge in [0.1, 0.15) is 5.82 Å². The van der Waals surface area contributed by atoms with E-state index in [0.717, 1.165) is 17.2 Å². The molecule has 74 valence electrons. The Hall–Kier alpha value is -1.56. The molecule has 0 aliphatic carbocycles. The maximum atomic E-state index is 5.36. The average Bonchev–Trinajstić information content (AvgIpc) is 2.11. The van der Waals surface area contributed by atoms with E-state index in [2.05, 4.69) is 21.2 Å². The van der Waals surface area contributed by atoms with Crippen molar-refractivity contribution >= 4 is 5.82 Å². The van der Waals surface area contributed by atoms with Gasteiger partial charge < -0.3 is 5.32 Å². The Bertz CT molecular complexity index is 375. The fraction of sp³-hybridized carbons (Fsp3) is 0.455. The number of rotatable bonds is 2. The molecular weight excluding hydrogens is 174 g/mol. The Morgan fingerprint density at radius 3 is 2.50 bits per heavy atom. The van der Waals surface area contributed by atoms with Crippen LogP contribution in [0.15, 0.2) is 6.20 Å². The van der Waals surface area contributed by atoms with Crippen LogP contribution >= 0.6 is 0 Å². The number of aryl methyl sites for hydroxylation is 2. The molecule has 0 aromatic carbocycles. The van der Waals surface area contributed by atoms with Gasteiger partial charge in [0.25, 0.3) is 0 Å². The van der Waals surface area contributed by atoms with Gasteiger partial charge in [0.05, 0.1) is 23.1 Å². The lowest BCUT2D eigenvalue weighted by Crippen LogP contribution is -2.29. The van der Waals surface area contributed by atoms with Gasteiger partial charge in [-0.25, -0.2) is 4.98 Å². The third-order valence-corrected chi connectivity index (χ3v) is 1.99. The van der Waals surface area contributed by atoms with E-state index in [-0.39, 0.29) is 0 Å². The van der Waals surface area contributed by atoms with Gasteiger partial charge in [-0.05, 0) is 27.7 Å². The molecule has 1 heterocycles. The highest BCUT2D eigenvalue weighted by Gasteiger charge is 2.13. The Kier molecular flexibility index (Phi) is 2.76. The van der Waals surface area contributed by atoms with Gasteiger partial charge in [0.2, 0.25) is 0 Å². The molecule has 1 N–H and O–H groups in total. The highest BCUT2D eigenvalue weighted by molar-refractivity contribution is 5.39. The Morgan fingerprint density at radius 2 is 2.00 bits per heavy atom. The highest BCUT2D eigenvalue weighted by atomic mass is 15.1. The first kappa shape index (κ1) is 10.5. The maximum absolute atomic E-state index is 5.36. The van der Waals surface area contributed by atoms with Gasteiger partial charge in [0.15, 0.2) is 0 Å². The van der Waals surface area contributed by atoms with Crippen LogP contribution < -0.4 is 5.32 Å². The molecule has 14 heavy (non-hydrogen) atoms. The quantitative estimate of drug-likeness (QED) is 0.722. The van der Waals surface area contributed by atoms with E-state index in [9.17, 15) is 0 Å². The minimum Gasteiger partial charge on any atom is -0.353 e. The van der Waals surface area contributed by atoms with Gasteiger partial charge in [-0.3, -0.25) is 4.98 Å². The van der Waals surface area contributed by atoms with Crippen molar-refractivity contribution in [2.45, 2.75) is 33.2 Å². The first-order valence-corrected chi connectivity index (χ1v) is 4.51. The van der Waals surface area contributed by atoms with E-state index in [0.29, 0.717) is 0 Å². The number of anilines is 1. The van der Waals surface area contributed by atoms with Gasteiger partial charge >= 0.3 is 0 Å². The van der Waals surface area contributed by atoms with Crippen molar-refractivity contribution in [1.29, 1.82) is 0 Å². The summed E-state index contributed by atoms with van der Waals surface area (Å²) in [5.74, 6) is 3.36. The number of terminal acetylenes is 1. The van der Waals surface area contributed by atoms with Gasteiger partial charge in [-0.1, -0.05) is 5.92 Å². The SMILES string of the molecule is C#CC(C)(C)Nc1cnc(C)c(C)n1. The fourth-order valence-electron chi connectivity index (χ4n) is 0.958. The summed E-state index contributed by atoms with van der Waals surface area (Å²) < 4.78 is 0. The lowest BCUT2D eigenvalue weighted by Gasteiger charge is -2.20. The molecule has 0 aliphatic heterocycles. The molecule has 0 unspecified atom stereocenters. The summed E-state index contributed by atoms with van der Waals surface area (Å²) in [6.45, 7) is 7.70. The van der Waals surface area contributed by atoms with E-state index in [4.69, 9.17) is 6.42 Å². The number of hydrogen-bond donors (Lipinski definition) is 1. The molecule has 1 aromatic rings. The van der Waals surface area contributed by atoms with Crippen LogP contribution in [0.2, 0.25) is 0 Å². The Morgan fingerprint density at radius 1 is 1.36 bits per heavy atom. The molecule has 0 bridgehead atoms. The molecular formula is C11H15N3. The summed E-state index contributed by atoms with van der Waals surface area (Å²) in [5.41, 5.74) is 1.47. The first-order chi connectivity index (χ1) is 6.44. The van der Waals surface area contributed by atoms with Crippen LogP contribution in [0.5, 0.6) is 0 Å². The Labute approximate surface area is 85.0 Å². The molecule has 0 fully saturated rings. The van der Waals surface area contributed by atoms with Gasteiger partial charge in [-0.15, -0.1) is 6.42 Å². The van der Waals surface area contributed by atoms with Crippen molar-refractivity contribution in [2.24, 2.45) is 0 Å². The largest absolute Gasteiger partial charge is 0.353 e. The average molecular weight is 189 g/mol. The zero-order valence-electron chi connectivity index (χ0n) is 9.05. The summed E-state index contributed by atoms with van der Waals surface area (Å²) >= 11 is 0. The monoisotopic (exact) mass is 189 g/mol. The maximum Gasteiger partial charge on any atom is 0.145 e. The second kappa shape index (κ2) is 3.67. The lowest BCUT2D eigenvalue weighted by atomic mass is 10.1. The van der Waals surface area contributed by atoms with Crippen LogP contribution in [0, 0.1) is 26.2 Å². The van der Waals surface area contributed by atoms with Gasteiger partial charge in [0, 0.05) is 0 Å². The fourth-order valence-corrected chi connectivity index (χ4v) is 0.958. The molecule has 1 aromatic heterocycles. The normalized spacial score (nSPS) is 10.8. The topological polar surface area (TPSA) is 37.8 Å². The predicted octanol–water partition coefficient (Wildman–Crippen LogP) is 1.92. The lowest BCUT2D eigenvalue weighted by molar-refractivity contribution is 0.733. The number of aromatic nitrogens is 2. The number of hydrogen-bond acceptors (Lipinski definition) is 3. The van der Waals surface area contributed by atoms with E-state index in [1.54, 1.807) is 6.20 Å². The van der Waals surface area contributed by atoms with Crippen molar-refractivity contribution in [3.05, 3.63) is 17.6 Å². The van der Waals surface area contributed by atoms with Crippen LogP contribution in [0.4, 0.5) is 5.82 Å². The van der Waals surface area contributed by atoms with Crippen molar-refractivity contribution < 1.29 is 0 Å². The van der Waals surface area contributed by atoms with E-state index < -0.39 is 5.54 Å². The van der Waals surface area contributed by atoms with Crippen LogP contribution in [0.25, 0.3) is 0 Å². The molecule has 0 atom stereocenters. The number of nitrogens with zero attached hydrogens (tertiary/aromatic N) is 2. The Balaban J connectivity index is 2.90.